The third-order valence-electron chi connectivity index (χ3n) is 1.46. The molecule has 1 aromatic rings. The molecular formula is C12H14O. The standard InChI is InChI=1S/C12H14O/c1-11(2)10-13-9-8-12-6-4-3-5-7-12/h3-7,11H,10H2,1-2H3. The van der Waals surface area contributed by atoms with Gasteiger partial charge < -0.3 is 4.74 Å². The van der Waals surface area contributed by atoms with Gasteiger partial charge in [0.15, 0.2) is 0 Å². The van der Waals surface area contributed by atoms with E-state index in [2.05, 4.69) is 25.9 Å². The number of ether oxygens (including phenoxy) is 1. The summed E-state index contributed by atoms with van der Waals surface area (Å²) < 4.78 is 5.14. The van der Waals surface area contributed by atoms with Crippen molar-refractivity contribution >= 4 is 0 Å². The van der Waals surface area contributed by atoms with Gasteiger partial charge in [-0.1, -0.05) is 32.0 Å². The van der Waals surface area contributed by atoms with Gasteiger partial charge in [-0.3, -0.25) is 0 Å². The summed E-state index contributed by atoms with van der Waals surface area (Å²) in [4.78, 5) is 0. The molecule has 1 heteroatoms. The summed E-state index contributed by atoms with van der Waals surface area (Å²) in [6, 6.07) is 9.83. The number of hydrogen-bond donors (Lipinski definition) is 0. The molecule has 1 rings (SSSR count). The predicted molar refractivity (Wildman–Crippen MR) is 54.1 cm³/mol. The SMILES string of the molecule is CC(C)COC#Cc1ccccc1. The Hall–Kier alpha value is -1.42. The molecule has 0 radical (unpaired) electrons. The van der Waals surface area contributed by atoms with Crippen molar-refractivity contribution in [2.75, 3.05) is 6.61 Å². The van der Waals surface area contributed by atoms with Gasteiger partial charge in [-0.15, -0.1) is 0 Å². The quantitative estimate of drug-likeness (QED) is 0.626. The summed E-state index contributed by atoms with van der Waals surface area (Å²) in [7, 11) is 0. The summed E-state index contributed by atoms with van der Waals surface area (Å²) in [6.07, 6.45) is 2.68. The van der Waals surface area contributed by atoms with E-state index < -0.39 is 0 Å². The second kappa shape index (κ2) is 5.27. The Balaban J connectivity index is 2.40. The van der Waals surface area contributed by atoms with Crippen molar-refractivity contribution in [3.8, 4) is 12.0 Å². The second-order valence-electron chi connectivity index (χ2n) is 3.30. The van der Waals surface area contributed by atoms with Crippen molar-refractivity contribution in [3.63, 3.8) is 0 Å². The van der Waals surface area contributed by atoms with Crippen LogP contribution in [0.2, 0.25) is 0 Å². The molecule has 0 saturated carbocycles. The van der Waals surface area contributed by atoms with Crippen LogP contribution in [-0.2, 0) is 4.74 Å². The Morgan fingerprint density at radius 1 is 1.23 bits per heavy atom. The molecule has 68 valence electrons. The molecule has 0 unspecified atom stereocenters. The van der Waals surface area contributed by atoms with Crippen molar-refractivity contribution in [2.24, 2.45) is 5.92 Å². The maximum Gasteiger partial charge on any atom is 0.115 e. The highest BCUT2D eigenvalue weighted by molar-refractivity contribution is 5.32. The van der Waals surface area contributed by atoms with E-state index in [4.69, 9.17) is 4.74 Å². The van der Waals surface area contributed by atoms with Gasteiger partial charge >= 0.3 is 0 Å². The Morgan fingerprint density at radius 3 is 2.54 bits per heavy atom. The number of rotatable bonds is 2. The minimum absolute atomic E-state index is 0.532. The van der Waals surface area contributed by atoms with Crippen LogP contribution in [0.1, 0.15) is 19.4 Å². The van der Waals surface area contributed by atoms with E-state index in [1.165, 1.54) is 0 Å². The average Bonchev–Trinajstić information content (AvgIpc) is 2.14. The minimum Gasteiger partial charge on any atom is -0.446 e. The molecule has 0 aliphatic rings. The first-order valence-electron chi connectivity index (χ1n) is 4.47. The zero-order chi connectivity index (χ0) is 9.52. The molecule has 0 atom stereocenters. The smallest absolute Gasteiger partial charge is 0.115 e. The molecule has 0 amide bonds. The van der Waals surface area contributed by atoms with Crippen LogP contribution in [0.4, 0.5) is 0 Å². The highest BCUT2D eigenvalue weighted by atomic mass is 16.5. The first-order chi connectivity index (χ1) is 6.29. The lowest BCUT2D eigenvalue weighted by Gasteiger charge is -1.99. The van der Waals surface area contributed by atoms with Gasteiger partial charge in [-0.2, -0.15) is 0 Å². The van der Waals surface area contributed by atoms with Crippen LogP contribution in [0.3, 0.4) is 0 Å². The van der Waals surface area contributed by atoms with Crippen LogP contribution in [-0.4, -0.2) is 6.61 Å². The zero-order valence-corrected chi connectivity index (χ0v) is 8.08. The first kappa shape index (κ1) is 9.67. The van der Waals surface area contributed by atoms with Crippen molar-refractivity contribution in [3.05, 3.63) is 35.9 Å². The maximum absolute atomic E-state index is 5.14. The van der Waals surface area contributed by atoms with Crippen LogP contribution in [0.15, 0.2) is 30.3 Å². The van der Waals surface area contributed by atoms with Gasteiger partial charge in [0, 0.05) is 5.56 Å². The van der Waals surface area contributed by atoms with E-state index in [-0.39, 0.29) is 0 Å². The zero-order valence-electron chi connectivity index (χ0n) is 8.08. The van der Waals surface area contributed by atoms with Gasteiger partial charge in [0.2, 0.25) is 0 Å². The Bertz CT molecular complexity index is 290. The van der Waals surface area contributed by atoms with E-state index in [1.54, 1.807) is 0 Å². The molecule has 0 aromatic heterocycles. The maximum atomic E-state index is 5.14. The topological polar surface area (TPSA) is 9.23 Å². The van der Waals surface area contributed by atoms with E-state index in [0.29, 0.717) is 12.5 Å². The highest BCUT2D eigenvalue weighted by Crippen LogP contribution is 1.95. The summed E-state index contributed by atoms with van der Waals surface area (Å²) >= 11 is 0. The van der Waals surface area contributed by atoms with E-state index in [0.717, 1.165) is 5.56 Å². The Morgan fingerprint density at radius 2 is 1.92 bits per heavy atom. The summed E-state index contributed by atoms with van der Waals surface area (Å²) in [6.45, 7) is 4.90. The normalized spacial score (nSPS) is 9.15. The molecule has 0 heterocycles. The molecule has 0 spiro atoms. The van der Waals surface area contributed by atoms with Crippen LogP contribution in [0, 0.1) is 17.9 Å². The number of hydrogen-bond acceptors (Lipinski definition) is 1. The minimum atomic E-state index is 0.532. The third kappa shape index (κ3) is 4.22. The van der Waals surface area contributed by atoms with Gasteiger partial charge in [-0.05, 0) is 24.0 Å². The fourth-order valence-corrected chi connectivity index (χ4v) is 0.825. The molecule has 0 aliphatic heterocycles. The molecular weight excluding hydrogens is 160 g/mol. The fraction of sp³-hybridized carbons (Fsp3) is 0.333. The van der Waals surface area contributed by atoms with E-state index in [1.807, 2.05) is 30.3 Å². The van der Waals surface area contributed by atoms with Crippen LogP contribution >= 0.6 is 0 Å². The van der Waals surface area contributed by atoms with Gasteiger partial charge in [0.1, 0.15) is 12.7 Å². The third-order valence-corrected chi connectivity index (χ3v) is 1.46. The molecule has 13 heavy (non-hydrogen) atoms. The molecule has 1 aromatic carbocycles. The largest absolute Gasteiger partial charge is 0.446 e. The average molecular weight is 174 g/mol. The lowest BCUT2D eigenvalue weighted by molar-refractivity contribution is 0.235. The van der Waals surface area contributed by atoms with Crippen molar-refractivity contribution < 1.29 is 4.74 Å². The van der Waals surface area contributed by atoms with E-state index in [9.17, 15) is 0 Å². The number of benzene rings is 1. The Labute approximate surface area is 79.7 Å². The highest BCUT2D eigenvalue weighted by Gasteiger charge is 1.89. The van der Waals surface area contributed by atoms with Gasteiger partial charge in [-0.25, -0.2) is 0 Å². The molecule has 0 N–H and O–H groups in total. The van der Waals surface area contributed by atoms with Crippen LogP contribution in [0.25, 0.3) is 0 Å². The molecule has 0 saturated heterocycles. The molecule has 0 aliphatic carbocycles. The summed E-state index contributed by atoms with van der Waals surface area (Å²) in [5.41, 5.74) is 0.992. The lowest BCUT2D eigenvalue weighted by Crippen LogP contribution is -1.96. The van der Waals surface area contributed by atoms with Crippen molar-refractivity contribution in [1.82, 2.24) is 0 Å². The molecule has 0 fully saturated rings. The monoisotopic (exact) mass is 174 g/mol. The van der Waals surface area contributed by atoms with Crippen LogP contribution in [0.5, 0.6) is 0 Å². The molecule has 0 bridgehead atoms. The van der Waals surface area contributed by atoms with Gasteiger partial charge in [0.25, 0.3) is 0 Å². The summed E-state index contributed by atoms with van der Waals surface area (Å²) in [5.74, 6) is 3.46. The van der Waals surface area contributed by atoms with Crippen molar-refractivity contribution in [1.29, 1.82) is 0 Å². The van der Waals surface area contributed by atoms with Gasteiger partial charge in [0.05, 0.1) is 0 Å². The predicted octanol–water partition coefficient (Wildman–Crippen LogP) is 2.67. The fourth-order valence-electron chi connectivity index (χ4n) is 0.825. The Kier molecular flexibility index (Phi) is 3.92. The summed E-state index contributed by atoms with van der Waals surface area (Å²) in [5, 5.41) is 0. The first-order valence-corrected chi connectivity index (χ1v) is 4.47. The van der Waals surface area contributed by atoms with Crippen molar-refractivity contribution in [2.45, 2.75) is 13.8 Å². The van der Waals surface area contributed by atoms with Crippen LogP contribution < -0.4 is 0 Å². The molecule has 1 nitrogen and oxygen atoms in total. The lowest BCUT2D eigenvalue weighted by atomic mass is 10.2. The van der Waals surface area contributed by atoms with E-state index >= 15 is 0 Å². The second-order valence-corrected chi connectivity index (χ2v) is 3.30.